The topological polar surface area (TPSA) is 81.5 Å². The highest BCUT2D eigenvalue weighted by Crippen LogP contribution is 2.24. The molecule has 0 aliphatic heterocycles. The summed E-state index contributed by atoms with van der Waals surface area (Å²) in [6, 6.07) is 12.9. The minimum absolute atomic E-state index is 0.221. The van der Waals surface area contributed by atoms with Crippen molar-refractivity contribution in [3.8, 4) is 0 Å². The average Bonchev–Trinajstić information content (AvgIpc) is 2.75. The first-order valence-electron chi connectivity index (χ1n) is 9.52. The van der Waals surface area contributed by atoms with Gasteiger partial charge in [-0.2, -0.15) is 0 Å². The summed E-state index contributed by atoms with van der Waals surface area (Å²) in [5.74, 6) is -1.18. The summed E-state index contributed by atoms with van der Waals surface area (Å²) in [6.45, 7) is 1.62. The number of nitrogens with zero attached hydrogens (tertiary/aromatic N) is 3. The van der Waals surface area contributed by atoms with Crippen LogP contribution in [0.4, 0.5) is 4.39 Å². The van der Waals surface area contributed by atoms with Crippen molar-refractivity contribution in [1.29, 1.82) is 0 Å². The van der Waals surface area contributed by atoms with E-state index in [-0.39, 0.29) is 35.5 Å². The van der Waals surface area contributed by atoms with Gasteiger partial charge in [0.15, 0.2) is 5.16 Å². The molecule has 0 bridgehead atoms. The molecular formula is C22H22FN3O4S. The molecule has 0 saturated carbocycles. The molecule has 0 saturated heterocycles. The first-order valence-corrected chi connectivity index (χ1v) is 10.4. The van der Waals surface area contributed by atoms with E-state index in [0.717, 1.165) is 11.8 Å². The number of ether oxygens (including phenoxy) is 1. The Kier molecular flexibility index (Phi) is 7.06. The monoisotopic (exact) mass is 443 g/mol. The van der Waals surface area contributed by atoms with Crippen LogP contribution in [0.25, 0.3) is 10.9 Å². The van der Waals surface area contributed by atoms with Gasteiger partial charge in [-0.1, -0.05) is 36.0 Å². The lowest BCUT2D eigenvalue weighted by Gasteiger charge is -2.22. The lowest BCUT2D eigenvalue weighted by atomic mass is 10.2. The molecule has 1 aromatic heterocycles. The van der Waals surface area contributed by atoms with Crippen LogP contribution in [-0.2, 0) is 27.4 Å². The van der Waals surface area contributed by atoms with Crippen molar-refractivity contribution < 1.29 is 18.7 Å². The molecule has 0 fully saturated rings. The van der Waals surface area contributed by atoms with Gasteiger partial charge < -0.3 is 9.64 Å². The third-order valence-electron chi connectivity index (χ3n) is 4.66. The van der Waals surface area contributed by atoms with Crippen molar-refractivity contribution in [3.63, 3.8) is 0 Å². The molecule has 1 amide bonds. The smallest absolute Gasteiger partial charge is 0.325 e. The summed E-state index contributed by atoms with van der Waals surface area (Å²) in [4.78, 5) is 43.6. The van der Waals surface area contributed by atoms with Crippen molar-refractivity contribution in [2.24, 2.45) is 0 Å². The number of halogens is 1. The molecule has 1 unspecified atom stereocenters. The number of amides is 1. The number of fused-ring (bicyclic) bond motifs is 1. The number of hydrogen-bond acceptors (Lipinski definition) is 6. The van der Waals surface area contributed by atoms with Crippen LogP contribution in [0.1, 0.15) is 12.5 Å². The van der Waals surface area contributed by atoms with Gasteiger partial charge in [0, 0.05) is 13.6 Å². The molecule has 3 rings (SSSR count). The number of thioether (sulfide) groups is 1. The minimum Gasteiger partial charge on any atom is -0.468 e. The normalized spacial score (nSPS) is 11.9. The zero-order chi connectivity index (χ0) is 22.5. The van der Waals surface area contributed by atoms with Gasteiger partial charge in [-0.05, 0) is 36.8 Å². The fourth-order valence-electron chi connectivity index (χ4n) is 3.08. The van der Waals surface area contributed by atoms with E-state index >= 15 is 0 Å². The van der Waals surface area contributed by atoms with Crippen LogP contribution in [0.2, 0.25) is 0 Å². The Hall–Kier alpha value is -3.20. The van der Waals surface area contributed by atoms with Gasteiger partial charge >= 0.3 is 5.97 Å². The van der Waals surface area contributed by atoms with Crippen LogP contribution in [0.3, 0.4) is 0 Å². The second kappa shape index (κ2) is 9.74. The number of para-hydroxylation sites is 1. The largest absolute Gasteiger partial charge is 0.468 e. The van der Waals surface area contributed by atoms with Gasteiger partial charge in [-0.25, -0.2) is 9.37 Å². The maximum Gasteiger partial charge on any atom is 0.325 e. The minimum atomic E-state index is -0.601. The zero-order valence-corrected chi connectivity index (χ0v) is 18.2. The fourth-order valence-corrected chi connectivity index (χ4v) is 4.10. The molecule has 1 heterocycles. The second-order valence-electron chi connectivity index (χ2n) is 6.96. The quantitative estimate of drug-likeness (QED) is 0.317. The lowest BCUT2D eigenvalue weighted by molar-refractivity contribution is -0.141. The van der Waals surface area contributed by atoms with Gasteiger partial charge in [-0.3, -0.25) is 19.0 Å². The van der Waals surface area contributed by atoms with Crippen LogP contribution in [-0.4, -0.2) is 45.7 Å². The first-order chi connectivity index (χ1) is 14.8. The molecule has 2 aromatic carbocycles. The van der Waals surface area contributed by atoms with Crippen LogP contribution in [0.5, 0.6) is 0 Å². The summed E-state index contributed by atoms with van der Waals surface area (Å²) in [6.07, 6.45) is 0. The Balaban J connectivity index is 1.86. The van der Waals surface area contributed by atoms with E-state index in [1.54, 1.807) is 50.4 Å². The van der Waals surface area contributed by atoms with Gasteiger partial charge in [0.1, 0.15) is 12.4 Å². The molecule has 7 nitrogen and oxygen atoms in total. The Morgan fingerprint density at radius 1 is 1.23 bits per heavy atom. The van der Waals surface area contributed by atoms with Crippen LogP contribution in [0.15, 0.2) is 58.5 Å². The third kappa shape index (κ3) is 5.29. The molecule has 31 heavy (non-hydrogen) atoms. The van der Waals surface area contributed by atoms with Crippen molar-refractivity contribution in [2.75, 3.05) is 14.2 Å². The maximum atomic E-state index is 13.4. The van der Waals surface area contributed by atoms with Gasteiger partial charge in [-0.15, -0.1) is 0 Å². The second-order valence-corrected chi connectivity index (χ2v) is 8.27. The number of carbonyl (C=O) groups is 2. The van der Waals surface area contributed by atoms with Gasteiger partial charge in [0.25, 0.3) is 5.56 Å². The molecule has 162 valence electrons. The molecule has 0 aliphatic rings. The molecular weight excluding hydrogens is 421 g/mol. The van der Waals surface area contributed by atoms with E-state index < -0.39 is 11.2 Å². The fraction of sp³-hybridized carbons (Fsp3) is 0.273. The highest BCUT2D eigenvalue weighted by molar-refractivity contribution is 8.00. The van der Waals surface area contributed by atoms with Crippen molar-refractivity contribution in [2.45, 2.75) is 30.4 Å². The molecule has 0 spiro atoms. The number of rotatable bonds is 7. The summed E-state index contributed by atoms with van der Waals surface area (Å²) < 4.78 is 19.3. The van der Waals surface area contributed by atoms with E-state index in [1.807, 2.05) is 0 Å². The van der Waals surface area contributed by atoms with E-state index in [1.165, 1.54) is 28.7 Å². The van der Waals surface area contributed by atoms with Crippen LogP contribution < -0.4 is 5.56 Å². The molecule has 3 aromatic rings. The van der Waals surface area contributed by atoms with Gasteiger partial charge in [0.05, 0.1) is 23.3 Å². The van der Waals surface area contributed by atoms with E-state index in [2.05, 4.69) is 4.98 Å². The van der Waals surface area contributed by atoms with Crippen molar-refractivity contribution in [1.82, 2.24) is 14.5 Å². The Labute approximate surface area is 182 Å². The number of esters is 1. The lowest BCUT2D eigenvalue weighted by Crippen LogP contribution is -2.34. The number of benzene rings is 2. The predicted molar refractivity (Wildman–Crippen MR) is 116 cm³/mol. The number of methoxy groups -OCH3 is 1. The summed E-state index contributed by atoms with van der Waals surface area (Å²) in [7, 11) is 2.86. The molecule has 0 N–H and O–H groups in total. The summed E-state index contributed by atoms with van der Waals surface area (Å²) in [5.41, 5.74) is 0.759. The number of hydrogen-bond donors (Lipinski definition) is 0. The average molecular weight is 444 g/mol. The maximum absolute atomic E-state index is 13.4. The van der Waals surface area contributed by atoms with Crippen molar-refractivity contribution in [3.05, 3.63) is 70.3 Å². The third-order valence-corrected chi connectivity index (χ3v) is 5.73. The number of aromatic nitrogens is 2. The van der Waals surface area contributed by atoms with Crippen LogP contribution >= 0.6 is 11.8 Å². The standard InChI is InChI=1S/C22H22FN3O4S/c1-14(20(28)25(2)12-15-7-6-8-16(23)11-15)31-22-24-18-10-5-4-9-17(18)21(29)26(22)13-19(27)30-3/h4-11,14H,12-13H2,1-3H3. The summed E-state index contributed by atoms with van der Waals surface area (Å²) in [5, 5.41) is 0.0163. The number of carbonyl (C=O) groups excluding carboxylic acids is 2. The highest BCUT2D eigenvalue weighted by Gasteiger charge is 2.23. The molecule has 0 radical (unpaired) electrons. The van der Waals surface area contributed by atoms with Gasteiger partial charge in [0.2, 0.25) is 5.91 Å². The SMILES string of the molecule is COC(=O)Cn1c(SC(C)C(=O)N(C)Cc2cccc(F)c2)nc2ccccc2c1=O. The molecule has 9 heteroatoms. The molecule has 0 aliphatic carbocycles. The highest BCUT2D eigenvalue weighted by atomic mass is 32.2. The Morgan fingerprint density at radius 2 is 1.97 bits per heavy atom. The molecule has 1 atom stereocenters. The van der Waals surface area contributed by atoms with E-state index in [4.69, 9.17) is 4.74 Å². The summed E-state index contributed by atoms with van der Waals surface area (Å²) >= 11 is 1.08. The first kappa shape index (κ1) is 22.5. The van der Waals surface area contributed by atoms with Crippen LogP contribution in [0, 0.1) is 5.82 Å². The van der Waals surface area contributed by atoms with Crippen molar-refractivity contribution >= 4 is 34.5 Å². The Bertz CT molecular complexity index is 1180. The van der Waals surface area contributed by atoms with E-state index in [9.17, 15) is 18.8 Å². The predicted octanol–water partition coefficient (Wildman–Crippen LogP) is 2.85. The zero-order valence-electron chi connectivity index (χ0n) is 17.4. The van der Waals surface area contributed by atoms with E-state index in [0.29, 0.717) is 16.5 Å². The Morgan fingerprint density at radius 3 is 2.68 bits per heavy atom.